The second kappa shape index (κ2) is 6.54. The first-order chi connectivity index (χ1) is 10.7. The fraction of sp³-hybridized carbons (Fsp3) is 0.111. The molecule has 1 heterocycles. The number of nitrogens with zero attached hydrogens (tertiary/aromatic N) is 1. The number of hydrogen-bond acceptors (Lipinski definition) is 3. The third-order valence-electron chi connectivity index (χ3n) is 3.44. The van der Waals surface area contributed by atoms with E-state index in [1.807, 2.05) is 48.7 Å². The molecule has 1 amide bonds. The molecule has 0 saturated carbocycles. The van der Waals surface area contributed by atoms with Crippen LogP contribution in [0.15, 0.2) is 65.1 Å². The molecule has 110 valence electrons. The molecule has 0 aliphatic rings. The Hall–Kier alpha value is -2.46. The first-order valence-corrected chi connectivity index (χ1v) is 7.95. The Balaban J connectivity index is 1.77. The second-order valence-corrected chi connectivity index (χ2v) is 6.05. The first kappa shape index (κ1) is 14.5. The van der Waals surface area contributed by atoms with Crippen molar-refractivity contribution in [1.82, 2.24) is 5.43 Å². The molecule has 0 atom stereocenters. The first-order valence-electron chi connectivity index (χ1n) is 7.07. The van der Waals surface area contributed by atoms with Gasteiger partial charge in [-0.25, -0.2) is 5.43 Å². The Morgan fingerprint density at radius 3 is 2.73 bits per heavy atom. The highest BCUT2D eigenvalue weighted by Crippen LogP contribution is 2.19. The van der Waals surface area contributed by atoms with Crippen molar-refractivity contribution in [3.05, 3.63) is 70.4 Å². The Morgan fingerprint density at radius 2 is 1.91 bits per heavy atom. The maximum Gasteiger partial charge on any atom is 0.245 e. The fourth-order valence-electron chi connectivity index (χ4n) is 2.36. The van der Waals surface area contributed by atoms with Crippen LogP contribution in [0.3, 0.4) is 0 Å². The summed E-state index contributed by atoms with van der Waals surface area (Å²) in [5, 5.41) is 8.52. The van der Waals surface area contributed by atoms with Crippen LogP contribution < -0.4 is 5.43 Å². The predicted octanol–water partition coefficient (Wildman–Crippen LogP) is 3.98. The number of hydrazone groups is 1. The number of benzene rings is 2. The quantitative estimate of drug-likeness (QED) is 0.575. The monoisotopic (exact) mass is 308 g/mol. The van der Waals surface area contributed by atoms with Crippen molar-refractivity contribution in [2.75, 3.05) is 0 Å². The standard InChI is InChI=1S/C18H16N2OS/c1-13(19-20-18(21)12-15-8-5-11-22-15)16-10-4-7-14-6-2-3-9-17(14)16/h2-11H,12H2,1H3,(H,20,21)/b19-13-. The summed E-state index contributed by atoms with van der Waals surface area (Å²) in [5.74, 6) is -0.0953. The van der Waals surface area contributed by atoms with Crippen LogP contribution in [0.4, 0.5) is 0 Å². The van der Waals surface area contributed by atoms with Crippen molar-refractivity contribution in [1.29, 1.82) is 0 Å². The van der Waals surface area contributed by atoms with Gasteiger partial charge in [0, 0.05) is 10.4 Å². The summed E-state index contributed by atoms with van der Waals surface area (Å²) < 4.78 is 0. The minimum absolute atomic E-state index is 0.0953. The lowest BCUT2D eigenvalue weighted by Crippen LogP contribution is -2.20. The molecule has 0 fully saturated rings. The molecule has 2 aromatic carbocycles. The van der Waals surface area contributed by atoms with Crippen molar-refractivity contribution < 1.29 is 4.79 Å². The summed E-state index contributed by atoms with van der Waals surface area (Å²) in [6, 6.07) is 18.1. The van der Waals surface area contributed by atoms with Crippen molar-refractivity contribution in [3.8, 4) is 0 Å². The molecule has 0 saturated heterocycles. The fourth-order valence-corrected chi connectivity index (χ4v) is 3.06. The maximum atomic E-state index is 11.9. The van der Waals surface area contributed by atoms with Gasteiger partial charge in [-0.2, -0.15) is 5.10 Å². The molecule has 0 radical (unpaired) electrons. The lowest BCUT2D eigenvalue weighted by Gasteiger charge is -2.06. The van der Waals surface area contributed by atoms with E-state index in [9.17, 15) is 4.79 Å². The predicted molar refractivity (Wildman–Crippen MR) is 92.3 cm³/mol. The van der Waals surface area contributed by atoms with E-state index in [-0.39, 0.29) is 5.91 Å². The van der Waals surface area contributed by atoms with E-state index < -0.39 is 0 Å². The topological polar surface area (TPSA) is 41.5 Å². The molecule has 1 N–H and O–H groups in total. The van der Waals surface area contributed by atoms with Crippen LogP contribution in [0.1, 0.15) is 17.4 Å². The zero-order chi connectivity index (χ0) is 15.4. The van der Waals surface area contributed by atoms with Crippen molar-refractivity contribution in [2.24, 2.45) is 5.10 Å². The van der Waals surface area contributed by atoms with Crippen LogP contribution in [0.5, 0.6) is 0 Å². The minimum Gasteiger partial charge on any atom is -0.273 e. The van der Waals surface area contributed by atoms with E-state index >= 15 is 0 Å². The van der Waals surface area contributed by atoms with Crippen LogP contribution in [-0.2, 0) is 11.2 Å². The van der Waals surface area contributed by atoms with Crippen LogP contribution >= 0.6 is 11.3 Å². The molecule has 0 bridgehead atoms. The lowest BCUT2D eigenvalue weighted by atomic mass is 10.0. The summed E-state index contributed by atoms with van der Waals surface area (Å²) in [6.45, 7) is 1.91. The summed E-state index contributed by atoms with van der Waals surface area (Å²) in [6.07, 6.45) is 0.365. The van der Waals surface area contributed by atoms with Gasteiger partial charge in [-0.1, -0.05) is 48.5 Å². The molecule has 0 aliphatic carbocycles. The molecule has 0 spiro atoms. The van der Waals surface area contributed by atoms with E-state index in [0.717, 1.165) is 21.5 Å². The SMILES string of the molecule is C/C(=N/NC(=O)Cc1cccs1)c1cccc2ccccc12. The van der Waals surface area contributed by atoms with E-state index in [0.29, 0.717) is 6.42 Å². The van der Waals surface area contributed by atoms with Crippen LogP contribution in [0.2, 0.25) is 0 Å². The lowest BCUT2D eigenvalue weighted by molar-refractivity contribution is -0.120. The van der Waals surface area contributed by atoms with E-state index in [1.54, 1.807) is 11.3 Å². The van der Waals surface area contributed by atoms with Crippen LogP contribution in [-0.4, -0.2) is 11.6 Å². The summed E-state index contributed by atoms with van der Waals surface area (Å²) in [5.41, 5.74) is 4.48. The summed E-state index contributed by atoms with van der Waals surface area (Å²) in [7, 11) is 0. The average molecular weight is 308 g/mol. The van der Waals surface area contributed by atoms with Crippen molar-refractivity contribution >= 4 is 33.7 Å². The highest BCUT2D eigenvalue weighted by atomic mass is 32.1. The molecule has 1 aromatic heterocycles. The molecule has 4 heteroatoms. The minimum atomic E-state index is -0.0953. The van der Waals surface area contributed by atoms with Gasteiger partial charge in [-0.05, 0) is 29.1 Å². The van der Waals surface area contributed by atoms with E-state index in [4.69, 9.17) is 0 Å². The van der Waals surface area contributed by atoms with E-state index in [2.05, 4.69) is 28.7 Å². The Morgan fingerprint density at radius 1 is 1.09 bits per heavy atom. The zero-order valence-corrected chi connectivity index (χ0v) is 13.1. The number of hydrogen-bond donors (Lipinski definition) is 1. The third-order valence-corrected chi connectivity index (χ3v) is 4.32. The van der Waals surface area contributed by atoms with Gasteiger partial charge in [0.05, 0.1) is 12.1 Å². The zero-order valence-electron chi connectivity index (χ0n) is 12.2. The Bertz CT molecular complexity index is 817. The normalized spacial score (nSPS) is 11.6. The van der Waals surface area contributed by atoms with Gasteiger partial charge in [0.25, 0.3) is 0 Å². The van der Waals surface area contributed by atoms with Gasteiger partial charge in [-0.15, -0.1) is 11.3 Å². The third kappa shape index (κ3) is 3.23. The van der Waals surface area contributed by atoms with E-state index in [1.165, 1.54) is 5.39 Å². The highest BCUT2D eigenvalue weighted by molar-refractivity contribution is 7.10. The van der Waals surface area contributed by atoms with Gasteiger partial charge in [0.15, 0.2) is 0 Å². The van der Waals surface area contributed by atoms with Gasteiger partial charge in [-0.3, -0.25) is 4.79 Å². The Kier molecular flexibility index (Phi) is 4.30. The van der Waals surface area contributed by atoms with Gasteiger partial charge >= 0.3 is 0 Å². The number of thiophene rings is 1. The number of rotatable bonds is 4. The maximum absolute atomic E-state index is 11.9. The molecular formula is C18H16N2OS. The van der Waals surface area contributed by atoms with Gasteiger partial charge in [0.1, 0.15) is 0 Å². The summed E-state index contributed by atoms with van der Waals surface area (Å²) >= 11 is 1.57. The van der Waals surface area contributed by atoms with Gasteiger partial charge < -0.3 is 0 Å². The second-order valence-electron chi connectivity index (χ2n) is 5.02. The molecule has 0 unspecified atom stereocenters. The molecule has 0 aliphatic heterocycles. The molecule has 3 aromatic rings. The van der Waals surface area contributed by atoms with Gasteiger partial charge in [0.2, 0.25) is 5.91 Å². The number of carbonyl (C=O) groups is 1. The number of carbonyl (C=O) groups excluding carboxylic acids is 1. The summed E-state index contributed by atoms with van der Waals surface area (Å²) in [4.78, 5) is 12.9. The van der Waals surface area contributed by atoms with Crippen molar-refractivity contribution in [3.63, 3.8) is 0 Å². The van der Waals surface area contributed by atoms with Crippen molar-refractivity contribution in [2.45, 2.75) is 13.3 Å². The average Bonchev–Trinajstić information content (AvgIpc) is 3.05. The number of amides is 1. The molecule has 3 nitrogen and oxygen atoms in total. The largest absolute Gasteiger partial charge is 0.273 e. The molecular weight excluding hydrogens is 292 g/mol. The number of nitrogens with one attached hydrogen (secondary N) is 1. The van der Waals surface area contributed by atoms with Crippen LogP contribution in [0, 0.1) is 0 Å². The smallest absolute Gasteiger partial charge is 0.245 e. The van der Waals surface area contributed by atoms with Crippen LogP contribution in [0.25, 0.3) is 10.8 Å². The highest BCUT2D eigenvalue weighted by Gasteiger charge is 2.06. The molecule has 22 heavy (non-hydrogen) atoms. The Labute approximate surface area is 133 Å². The molecule has 3 rings (SSSR count). The number of fused-ring (bicyclic) bond motifs is 1.